The van der Waals surface area contributed by atoms with E-state index in [2.05, 4.69) is 15.3 Å². The second kappa shape index (κ2) is 9.08. The standard InChI is InChI=1S/C22H21N5O6S/c1-14-4-6-18(7-5-14)34(30,31)26-12-15(13-32-3)19-8-16(10-24-21(19)26)33-17-9-20(23-2)22(25-11-17)27(28)29/h4-12,23H,13H2,1-3H3. The number of nitrogens with zero attached hydrogens (tertiary/aromatic N) is 4. The molecule has 0 aliphatic carbocycles. The van der Waals surface area contributed by atoms with Crippen LogP contribution in [0.4, 0.5) is 11.5 Å². The largest absolute Gasteiger partial charge is 0.452 e. The average Bonchev–Trinajstić information content (AvgIpc) is 3.18. The van der Waals surface area contributed by atoms with Crippen molar-refractivity contribution >= 4 is 32.6 Å². The lowest BCUT2D eigenvalue weighted by molar-refractivity contribution is -0.388. The lowest BCUT2D eigenvalue weighted by Gasteiger charge is -2.09. The van der Waals surface area contributed by atoms with Crippen molar-refractivity contribution < 1.29 is 22.8 Å². The van der Waals surface area contributed by atoms with Crippen LogP contribution in [0, 0.1) is 17.0 Å². The van der Waals surface area contributed by atoms with Crippen molar-refractivity contribution in [2.75, 3.05) is 19.5 Å². The summed E-state index contributed by atoms with van der Waals surface area (Å²) >= 11 is 0. The van der Waals surface area contributed by atoms with Gasteiger partial charge in [-0.1, -0.05) is 17.7 Å². The smallest absolute Gasteiger partial charge is 0.387 e. The lowest BCUT2D eigenvalue weighted by atomic mass is 10.2. The second-order valence-electron chi connectivity index (χ2n) is 7.39. The Labute approximate surface area is 195 Å². The van der Waals surface area contributed by atoms with Crippen molar-refractivity contribution in [3.05, 3.63) is 76.2 Å². The molecule has 12 heteroatoms. The van der Waals surface area contributed by atoms with Crippen LogP contribution in [-0.4, -0.2) is 41.4 Å². The molecular formula is C22H21N5O6S. The second-order valence-corrected chi connectivity index (χ2v) is 9.21. The van der Waals surface area contributed by atoms with Crippen LogP contribution in [-0.2, 0) is 21.4 Å². The van der Waals surface area contributed by atoms with Crippen molar-refractivity contribution in [1.82, 2.24) is 13.9 Å². The van der Waals surface area contributed by atoms with Crippen molar-refractivity contribution in [3.8, 4) is 11.5 Å². The van der Waals surface area contributed by atoms with E-state index in [4.69, 9.17) is 9.47 Å². The summed E-state index contributed by atoms with van der Waals surface area (Å²) in [5.74, 6) is 0.216. The molecule has 4 aromatic rings. The average molecular weight is 484 g/mol. The minimum absolute atomic E-state index is 0.137. The fourth-order valence-electron chi connectivity index (χ4n) is 3.42. The minimum atomic E-state index is -3.90. The zero-order chi connectivity index (χ0) is 24.5. The molecule has 0 atom stereocenters. The van der Waals surface area contributed by atoms with E-state index in [9.17, 15) is 18.5 Å². The van der Waals surface area contributed by atoms with Gasteiger partial charge in [0.25, 0.3) is 10.0 Å². The molecule has 3 heterocycles. The summed E-state index contributed by atoms with van der Waals surface area (Å²) in [6.45, 7) is 2.03. The highest BCUT2D eigenvalue weighted by Gasteiger charge is 2.23. The predicted octanol–water partition coefficient (Wildman–Crippen LogP) is 3.87. The van der Waals surface area contributed by atoms with E-state index in [0.717, 1.165) is 9.54 Å². The number of ether oxygens (including phenoxy) is 2. The number of benzene rings is 1. The van der Waals surface area contributed by atoms with E-state index >= 15 is 0 Å². The van der Waals surface area contributed by atoms with E-state index in [-0.39, 0.29) is 34.4 Å². The monoisotopic (exact) mass is 483 g/mol. The van der Waals surface area contributed by atoms with Gasteiger partial charge in [-0.3, -0.25) is 0 Å². The molecule has 1 N–H and O–H groups in total. The zero-order valence-corrected chi connectivity index (χ0v) is 19.4. The van der Waals surface area contributed by atoms with Gasteiger partial charge in [-0.2, -0.15) is 0 Å². The Kier molecular flexibility index (Phi) is 6.18. The van der Waals surface area contributed by atoms with E-state index < -0.39 is 14.9 Å². The van der Waals surface area contributed by atoms with Crippen molar-refractivity contribution in [2.45, 2.75) is 18.4 Å². The first-order valence-corrected chi connectivity index (χ1v) is 11.5. The number of fused-ring (bicyclic) bond motifs is 1. The molecule has 1 aromatic carbocycles. The van der Waals surface area contributed by atoms with Crippen LogP contribution in [0.15, 0.2) is 59.9 Å². The fourth-order valence-corrected chi connectivity index (χ4v) is 4.76. The summed E-state index contributed by atoms with van der Waals surface area (Å²) in [5, 5.41) is 14.3. The molecule has 11 nitrogen and oxygen atoms in total. The van der Waals surface area contributed by atoms with Gasteiger partial charge < -0.3 is 24.9 Å². The van der Waals surface area contributed by atoms with Crippen LogP contribution < -0.4 is 10.1 Å². The van der Waals surface area contributed by atoms with Crippen LogP contribution >= 0.6 is 0 Å². The molecule has 0 amide bonds. The molecular weight excluding hydrogens is 462 g/mol. The number of methoxy groups -OCH3 is 1. The molecule has 0 radical (unpaired) electrons. The third-order valence-corrected chi connectivity index (χ3v) is 6.73. The number of rotatable bonds is 8. The molecule has 0 unspecified atom stereocenters. The summed E-state index contributed by atoms with van der Waals surface area (Å²) in [4.78, 5) is 18.8. The Hall–Kier alpha value is -4.03. The van der Waals surface area contributed by atoms with Crippen molar-refractivity contribution in [2.24, 2.45) is 0 Å². The number of hydrogen-bond acceptors (Lipinski definition) is 9. The molecule has 3 aromatic heterocycles. The third kappa shape index (κ3) is 4.28. The first-order valence-electron chi connectivity index (χ1n) is 10.1. The number of anilines is 1. The highest BCUT2D eigenvalue weighted by molar-refractivity contribution is 7.90. The molecule has 0 bridgehead atoms. The SMILES string of the molecule is CNc1cc(Oc2cnc3c(c2)c(COC)cn3S(=O)(=O)c2ccc(C)cc2)cnc1[N+](=O)[O-]. The van der Waals surface area contributed by atoms with Crippen LogP contribution in [0.2, 0.25) is 0 Å². The molecule has 34 heavy (non-hydrogen) atoms. The van der Waals surface area contributed by atoms with Crippen LogP contribution in [0.25, 0.3) is 11.0 Å². The topological polar surface area (TPSA) is 138 Å². The predicted molar refractivity (Wildman–Crippen MR) is 125 cm³/mol. The Morgan fingerprint density at radius 3 is 2.44 bits per heavy atom. The molecule has 4 rings (SSSR count). The summed E-state index contributed by atoms with van der Waals surface area (Å²) < 4.78 is 38.8. The summed E-state index contributed by atoms with van der Waals surface area (Å²) in [6.07, 6.45) is 4.08. The Morgan fingerprint density at radius 2 is 1.79 bits per heavy atom. The fraction of sp³-hybridized carbons (Fsp3) is 0.182. The van der Waals surface area contributed by atoms with Gasteiger partial charge in [0.05, 0.1) is 17.7 Å². The highest BCUT2D eigenvalue weighted by Crippen LogP contribution is 2.32. The molecule has 0 aliphatic heterocycles. The number of aromatic nitrogens is 3. The van der Waals surface area contributed by atoms with Gasteiger partial charge >= 0.3 is 5.82 Å². The zero-order valence-electron chi connectivity index (χ0n) is 18.5. The van der Waals surface area contributed by atoms with Crippen molar-refractivity contribution in [1.29, 1.82) is 0 Å². The van der Waals surface area contributed by atoms with Gasteiger partial charge in [-0.15, -0.1) is 0 Å². The number of hydrogen-bond donors (Lipinski definition) is 1. The van der Waals surface area contributed by atoms with E-state index in [1.54, 1.807) is 30.3 Å². The van der Waals surface area contributed by atoms with Gasteiger partial charge in [0.2, 0.25) is 0 Å². The molecule has 0 saturated heterocycles. The number of pyridine rings is 2. The highest BCUT2D eigenvalue weighted by atomic mass is 32.2. The van der Waals surface area contributed by atoms with Crippen LogP contribution in [0.1, 0.15) is 11.1 Å². The summed E-state index contributed by atoms with van der Waals surface area (Å²) in [7, 11) is -0.853. The third-order valence-electron chi connectivity index (χ3n) is 5.07. The maximum Gasteiger partial charge on any atom is 0.387 e. The molecule has 0 spiro atoms. The maximum absolute atomic E-state index is 13.3. The van der Waals surface area contributed by atoms with Gasteiger partial charge in [0, 0.05) is 37.4 Å². The first-order chi connectivity index (χ1) is 16.2. The summed E-state index contributed by atoms with van der Waals surface area (Å²) in [6, 6.07) is 9.63. The summed E-state index contributed by atoms with van der Waals surface area (Å²) in [5.41, 5.74) is 1.95. The van der Waals surface area contributed by atoms with E-state index in [0.29, 0.717) is 16.7 Å². The van der Waals surface area contributed by atoms with Gasteiger partial charge in [0.1, 0.15) is 11.4 Å². The molecule has 0 saturated carbocycles. The number of nitrogens with one attached hydrogen (secondary N) is 1. The van der Waals surface area contributed by atoms with Gasteiger partial charge in [0.15, 0.2) is 17.6 Å². The molecule has 176 valence electrons. The Balaban J connectivity index is 1.76. The van der Waals surface area contributed by atoms with E-state index in [1.807, 2.05) is 6.92 Å². The van der Waals surface area contributed by atoms with Crippen LogP contribution in [0.3, 0.4) is 0 Å². The van der Waals surface area contributed by atoms with Crippen molar-refractivity contribution in [3.63, 3.8) is 0 Å². The molecule has 0 fully saturated rings. The van der Waals surface area contributed by atoms with Gasteiger partial charge in [-0.05, 0) is 35.0 Å². The van der Waals surface area contributed by atoms with Gasteiger partial charge in [-0.25, -0.2) is 17.4 Å². The number of aryl methyl sites for hydroxylation is 1. The molecule has 0 aliphatic rings. The quantitative estimate of drug-likeness (QED) is 0.292. The normalized spacial score (nSPS) is 11.5. The maximum atomic E-state index is 13.3. The minimum Gasteiger partial charge on any atom is -0.452 e. The Bertz CT molecular complexity index is 1480. The van der Waals surface area contributed by atoms with E-state index in [1.165, 1.54) is 38.8 Å². The van der Waals surface area contributed by atoms with Crippen LogP contribution in [0.5, 0.6) is 11.5 Å². The Morgan fingerprint density at radius 1 is 1.12 bits per heavy atom. The number of nitro groups is 1. The lowest BCUT2D eigenvalue weighted by Crippen LogP contribution is -2.12. The first kappa shape index (κ1) is 23.1.